The molecule has 0 atom stereocenters. The number of carbonyl (C=O) groups is 1. The predicted molar refractivity (Wildman–Crippen MR) is 77.2 cm³/mol. The summed E-state index contributed by atoms with van der Waals surface area (Å²) in [5, 5.41) is 8.81. The topological polar surface area (TPSA) is 74.7 Å². The molecule has 0 saturated carbocycles. The van der Waals surface area contributed by atoms with Crippen LogP contribution >= 0.6 is 11.3 Å². The van der Waals surface area contributed by atoms with Gasteiger partial charge in [-0.25, -0.2) is 8.42 Å². The summed E-state index contributed by atoms with van der Waals surface area (Å²) in [6, 6.07) is 2.35. The molecule has 0 spiro atoms. The summed E-state index contributed by atoms with van der Waals surface area (Å²) < 4.78 is 38.9. The fourth-order valence-electron chi connectivity index (χ4n) is 2.50. The van der Waals surface area contributed by atoms with E-state index >= 15 is 0 Å². The summed E-state index contributed by atoms with van der Waals surface area (Å²) in [5.41, 5.74) is -0.950. The van der Waals surface area contributed by atoms with Crippen LogP contribution in [0.3, 0.4) is 0 Å². The van der Waals surface area contributed by atoms with Gasteiger partial charge in [-0.3, -0.25) is 4.79 Å². The molecule has 0 aromatic carbocycles. The summed E-state index contributed by atoms with van der Waals surface area (Å²) in [7, 11) is -3.74. The first-order chi connectivity index (χ1) is 9.82. The van der Waals surface area contributed by atoms with Gasteiger partial charge in [0.25, 0.3) is 10.0 Å². The molecular weight excluding hydrogens is 317 g/mol. The zero-order chi connectivity index (χ0) is 15.7. The molecule has 1 saturated heterocycles. The lowest BCUT2D eigenvalue weighted by Gasteiger charge is -2.37. The molecule has 5 nitrogen and oxygen atoms in total. The van der Waals surface area contributed by atoms with Crippen LogP contribution in [0.15, 0.2) is 29.0 Å². The highest BCUT2D eigenvalue weighted by molar-refractivity contribution is 7.91. The number of allylic oxidation sites excluding steroid dienone is 1. The first kappa shape index (κ1) is 16.1. The van der Waals surface area contributed by atoms with Crippen molar-refractivity contribution in [2.75, 3.05) is 13.1 Å². The zero-order valence-electron chi connectivity index (χ0n) is 11.3. The predicted octanol–water partition coefficient (Wildman–Crippen LogP) is 2.32. The number of nitrogens with zero attached hydrogens (tertiary/aromatic N) is 1. The minimum absolute atomic E-state index is 0.0495. The van der Waals surface area contributed by atoms with Gasteiger partial charge in [-0.15, -0.1) is 6.58 Å². The lowest BCUT2D eigenvalue weighted by atomic mass is 9.76. The maximum Gasteiger partial charge on any atom is 0.310 e. The zero-order valence-corrected chi connectivity index (χ0v) is 12.9. The Hall–Kier alpha value is -1.25. The minimum Gasteiger partial charge on any atom is -0.481 e. The highest BCUT2D eigenvalue weighted by atomic mass is 32.2. The molecule has 1 aliphatic heterocycles. The number of carboxylic acids is 1. The summed E-state index contributed by atoms with van der Waals surface area (Å²) >= 11 is 0.576. The highest BCUT2D eigenvalue weighted by Gasteiger charge is 2.43. The van der Waals surface area contributed by atoms with E-state index in [9.17, 15) is 22.7 Å². The Morgan fingerprint density at radius 3 is 2.52 bits per heavy atom. The van der Waals surface area contributed by atoms with Crippen LogP contribution in [-0.2, 0) is 14.8 Å². The Morgan fingerprint density at radius 1 is 1.48 bits per heavy atom. The van der Waals surface area contributed by atoms with Crippen molar-refractivity contribution in [1.29, 1.82) is 0 Å². The van der Waals surface area contributed by atoms with Gasteiger partial charge in [-0.05, 0) is 31.4 Å². The van der Waals surface area contributed by atoms with Gasteiger partial charge in [0.15, 0.2) is 5.13 Å². The fraction of sp³-hybridized carbons (Fsp3) is 0.462. The van der Waals surface area contributed by atoms with Gasteiger partial charge >= 0.3 is 5.97 Å². The van der Waals surface area contributed by atoms with Gasteiger partial charge in [0.1, 0.15) is 4.21 Å². The number of aliphatic carboxylic acids is 1. The van der Waals surface area contributed by atoms with Crippen molar-refractivity contribution in [3.63, 3.8) is 0 Å². The normalized spacial score (nSPS) is 19.3. The summed E-state index contributed by atoms with van der Waals surface area (Å²) in [6.45, 7) is 3.79. The second-order valence-corrected chi connectivity index (χ2v) is 8.24. The molecule has 1 fully saturated rings. The minimum atomic E-state index is -3.74. The number of thiophene rings is 1. The van der Waals surface area contributed by atoms with E-state index in [-0.39, 0.29) is 30.1 Å². The van der Waals surface area contributed by atoms with Crippen LogP contribution in [0.25, 0.3) is 0 Å². The Morgan fingerprint density at radius 2 is 2.10 bits per heavy atom. The molecule has 0 bridgehead atoms. The number of carboxylic acid groups (broad SMARTS) is 1. The fourth-order valence-corrected chi connectivity index (χ4v) is 5.10. The van der Waals surface area contributed by atoms with Gasteiger partial charge in [0.2, 0.25) is 0 Å². The number of piperidine rings is 1. The SMILES string of the molecule is C=CCC1(C(=O)O)CCN(S(=O)(=O)c2ccc(F)s2)CC1. The lowest BCUT2D eigenvalue weighted by Crippen LogP contribution is -2.46. The molecule has 2 heterocycles. The average molecular weight is 333 g/mol. The standard InChI is InChI=1S/C13H16FNO4S2/c1-2-5-13(12(16)17)6-8-15(9-7-13)21(18,19)11-4-3-10(14)20-11/h2-4H,1,5-9H2,(H,16,17). The summed E-state index contributed by atoms with van der Waals surface area (Å²) in [6.07, 6.45) is 2.31. The molecular formula is C13H16FNO4S2. The summed E-state index contributed by atoms with van der Waals surface area (Å²) in [4.78, 5) is 11.4. The van der Waals surface area contributed by atoms with E-state index in [1.54, 1.807) is 6.08 Å². The van der Waals surface area contributed by atoms with E-state index in [4.69, 9.17) is 0 Å². The Labute approximate surface area is 126 Å². The molecule has 21 heavy (non-hydrogen) atoms. The Balaban J connectivity index is 2.17. The molecule has 0 aliphatic carbocycles. The quantitative estimate of drug-likeness (QED) is 0.839. The first-order valence-electron chi connectivity index (χ1n) is 6.42. The van der Waals surface area contributed by atoms with Crippen LogP contribution in [-0.4, -0.2) is 36.9 Å². The molecule has 1 aliphatic rings. The molecule has 1 aromatic heterocycles. The number of hydrogen-bond acceptors (Lipinski definition) is 4. The van der Waals surface area contributed by atoms with Crippen LogP contribution in [0.2, 0.25) is 0 Å². The number of sulfonamides is 1. The van der Waals surface area contributed by atoms with Crippen molar-refractivity contribution in [3.05, 3.63) is 29.9 Å². The Kier molecular flexibility index (Phi) is 4.50. The summed E-state index contributed by atoms with van der Waals surface area (Å²) in [5.74, 6) is -0.929. The van der Waals surface area contributed by atoms with Crippen LogP contribution in [0, 0.1) is 10.5 Å². The third-order valence-corrected chi connectivity index (χ3v) is 7.05. The van der Waals surface area contributed by atoms with Crippen LogP contribution in [0.1, 0.15) is 19.3 Å². The van der Waals surface area contributed by atoms with Gasteiger partial charge in [0.05, 0.1) is 5.41 Å². The van der Waals surface area contributed by atoms with E-state index in [1.807, 2.05) is 0 Å². The number of rotatable bonds is 5. The van der Waals surface area contributed by atoms with Gasteiger partial charge in [0, 0.05) is 13.1 Å². The van der Waals surface area contributed by atoms with Crippen molar-refractivity contribution < 1.29 is 22.7 Å². The third kappa shape index (κ3) is 3.02. The number of halogens is 1. The molecule has 0 unspecified atom stereocenters. The molecule has 1 aromatic rings. The highest BCUT2D eigenvalue weighted by Crippen LogP contribution is 2.38. The van der Waals surface area contributed by atoms with E-state index < -0.39 is 26.5 Å². The van der Waals surface area contributed by atoms with Crippen molar-refractivity contribution in [2.45, 2.75) is 23.5 Å². The van der Waals surface area contributed by atoms with Gasteiger partial charge in [-0.2, -0.15) is 8.70 Å². The molecule has 116 valence electrons. The van der Waals surface area contributed by atoms with Crippen molar-refractivity contribution in [1.82, 2.24) is 4.31 Å². The maximum absolute atomic E-state index is 13.0. The molecule has 0 amide bonds. The van der Waals surface area contributed by atoms with Gasteiger partial charge < -0.3 is 5.11 Å². The van der Waals surface area contributed by atoms with E-state index in [0.29, 0.717) is 17.8 Å². The smallest absolute Gasteiger partial charge is 0.310 e. The molecule has 0 radical (unpaired) electrons. The first-order valence-corrected chi connectivity index (χ1v) is 8.67. The second-order valence-electron chi connectivity index (χ2n) is 5.04. The van der Waals surface area contributed by atoms with Crippen LogP contribution in [0.5, 0.6) is 0 Å². The van der Waals surface area contributed by atoms with E-state index in [2.05, 4.69) is 6.58 Å². The van der Waals surface area contributed by atoms with Crippen LogP contribution < -0.4 is 0 Å². The van der Waals surface area contributed by atoms with Crippen molar-refractivity contribution >= 4 is 27.3 Å². The largest absolute Gasteiger partial charge is 0.481 e. The third-order valence-electron chi connectivity index (χ3n) is 3.81. The van der Waals surface area contributed by atoms with Crippen LogP contribution in [0.4, 0.5) is 4.39 Å². The van der Waals surface area contributed by atoms with Crippen molar-refractivity contribution in [2.24, 2.45) is 5.41 Å². The lowest BCUT2D eigenvalue weighted by molar-refractivity contribution is -0.151. The van der Waals surface area contributed by atoms with E-state index in [1.165, 1.54) is 10.4 Å². The molecule has 8 heteroatoms. The van der Waals surface area contributed by atoms with E-state index in [0.717, 1.165) is 6.07 Å². The molecule has 2 rings (SSSR count). The number of hydrogen-bond donors (Lipinski definition) is 1. The van der Waals surface area contributed by atoms with Crippen molar-refractivity contribution in [3.8, 4) is 0 Å². The average Bonchev–Trinajstić information content (AvgIpc) is 2.87. The Bertz CT molecular complexity index is 645. The second kappa shape index (κ2) is 5.86. The maximum atomic E-state index is 13.0. The van der Waals surface area contributed by atoms with Gasteiger partial charge in [-0.1, -0.05) is 17.4 Å². The monoisotopic (exact) mass is 333 g/mol. The molecule has 1 N–H and O–H groups in total.